The Kier molecular flexibility index (Phi) is 11.1. The molecule has 30 heavy (non-hydrogen) atoms. The van der Waals surface area contributed by atoms with Crippen LogP contribution in [0.2, 0.25) is 0 Å². The molecule has 1 aromatic carbocycles. The predicted molar refractivity (Wildman–Crippen MR) is 121 cm³/mol. The maximum atomic E-state index is 11.7. The lowest BCUT2D eigenvalue weighted by Gasteiger charge is -2.16. The zero-order valence-corrected chi connectivity index (χ0v) is 18.8. The molecular formula is C23H38N4O3. The summed E-state index contributed by atoms with van der Waals surface area (Å²) >= 11 is 0. The number of nitrogens with zero attached hydrogens (tertiary/aromatic N) is 2. The number of hydrogen-bond donors (Lipinski definition) is 2. The lowest BCUT2D eigenvalue weighted by atomic mass is 10.1. The summed E-state index contributed by atoms with van der Waals surface area (Å²) in [4.78, 5) is 17.9. The van der Waals surface area contributed by atoms with Crippen molar-refractivity contribution >= 4 is 11.9 Å². The standard InChI is InChI=1S/C23H38N4O3/c1-4-24-23(25-14-15-29-20-11-7-5-6-8-12-20)26-17-19-10-9-13-21(16-19)30-18-22(28)27(2)3/h9-10,13,16,20H,4-8,11-12,14-15,17-18H2,1-3H3,(H2,24,25,26). The zero-order chi connectivity index (χ0) is 21.6. The van der Waals surface area contributed by atoms with Crippen LogP contribution in [0.25, 0.3) is 0 Å². The zero-order valence-electron chi connectivity index (χ0n) is 18.8. The van der Waals surface area contributed by atoms with E-state index in [1.807, 2.05) is 24.3 Å². The van der Waals surface area contributed by atoms with Crippen LogP contribution in [0.4, 0.5) is 0 Å². The number of ether oxygens (including phenoxy) is 2. The number of hydrogen-bond acceptors (Lipinski definition) is 4. The van der Waals surface area contributed by atoms with E-state index in [2.05, 4.69) is 22.5 Å². The second-order valence-corrected chi connectivity index (χ2v) is 7.83. The molecule has 2 N–H and O–H groups in total. The number of nitrogens with one attached hydrogen (secondary N) is 2. The van der Waals surface area contributed by atoms with Gasteiger partial charge in [-0.2, -0.15) is 0 Å². The third kappa shape index (κ3) is 9.48. The number of rotatable bonds is 10. The number of amides is 1. The molecule has 0 aromatic heterocycles. The van der Waals surface area contributed by atoms with Crippen molar-refractivity contribution in [3.63, 3.8) is 0 Å². The van der Waals surface area contributed by atoms with Crippen LogP contribution in [-0.4, -0.2) is 63.3 Å². The number of likely N-dealkylation sites (N-methyl/N-ethyl adjacent to an activating group) is 1. The van der Waals surface area contributed by atoms with E-state index >= 15 is 0 Å². The summed E-state index contributed by atoms with van der Waals surface area (Å²) in [6.07, 6.45) is 8.04. The van der Waals surface area contributed by atoms with E-state index < -0.39 is 0 Å². The van der Waals surface area contributed by atoms with Crippen LogP contribution in [0, 0.1) is 0 Å². The Labute approximate surface area is 181 Å². The second-order valence-electron chi connectivity index (χ2n) is 7.83. The van der Waals surface area contributed by atoms with Crippen LogP contribution in [-0.2, 0) is 16.1 Å². The van der Waals surface area contributed by atoms with Gasteiger partial charge in [-0.3, -0.25) is 4.79 Å². The molecule has 1 saturated carbocycles. The second kappa shape index (κ2) is 13.9. The lowest BCUT2D eigenvalue weighted by molar-refractivity contribution is -0.130. The Bertz CT molecular complexity index is 656. The Balaban J connectivity index is 1.78. The maximum absolute atomic E-state index is 11.7. The molecule has 1 amide bonds. The fourth-order valence-electron chi connectivity index (χ4n) is 3.32. The van der Waals surface area contributed by atoms with Gasteiger partial charge < -0.3 is 25.0 Å². The van der Waals surface area contributed by atoms with Gasteiger partial charge in [0.25, 0.3) is 5.91 Å². The van der Waals surface area contributed by atoms with Gasteiger partial charge in [0.15, 0.2) is 12.6 Å². The Morgan fingerprint density at radius 1 is 1.17 bits per heavy atom. The number of carbonyl (C=O) groups is 1. The first-order chi connectivity index (χ1) is 14.6. The predicted octanol–water partition coefficient (Wildman–Crippen LogP) is 2.95. The van der Waals surface area contributed by atoms with Gasteiger partial charge in [0.1, 0.15) is 5.75 Å². The molecule has 0 atom stereocenters. The van der Waals surface area contributed by atoms with Crippen molar-refractivity contribution in [1.29, 1.82) is 0 Å². The van der Waals surface area contributed by atoms with Gasteiger partial charge in [-0.15, -0.1) is 0 Å². The molecule has 1 aromatic rings. The van der Waals surface area contributed by atoms with E-state index in [-0.39, 0.29) is 12.5 Å². The van der Waals surface area contributed by atoms with Gasteiger partial charge in [-0.1, -0.05) is 37.8 Å². The van der Waals surface area contributed by atoms with Crippen LogP contribution in [0.1, 0.15) is 51.0 Å². The summed E-state index contributed by atoms with van der Waals surface area (Å²) < 4.78 is 11.6. The minimum Gasteiger partial charge on any atom is -0.484 e. The largest absolute Gasteiger partial charge is 0.484 e. The number of guanidine groups is 1. The van der Waals surface area contributed by atoms with Gasteiger partial charge >= 0.3 is 0 Å². The highest BCUT2D eigenvalue weighted by molar-refractivity contribution is 5.79. The summed E-state index contributed by atoms with van der Waals surface area (Å²) in [6.45, 7) is 4.83. The molecule has 7 nitrogen and oxygen atoms in total. The van der Waals surface area contributed by atoms with Gasteiger partial charge in [-0.05, 0) is 37.5 Å². The highest BCUT2D eigenvalue weighted by atomic mass is 16.5. The van der Waals surface area contributed by atoms with Crippen LogP contribution in [0.3, 0.4) is 0 Å². The molecule has 168 valence electrons. The van der Waals surface area contributed by atoms with Crippen LogP contribution in [0.5, 0.6) is 5.75 Å². The first-order valence-corrected chi connectivity index (χ1v) is 11.1. The van der Waals surface area contributed by atoms with Crippen molar-refractivity contribution in [2.45, 2.75) is 58.1 Å². The molecule has 2 rings (SSSR count). The SMILES string of the molecule is CCNC(=NCc1cccc(OCC(=O)N(C)C)c1)NCCOC1CCCCCC1. The fourth-order valence-corrected chi connectivity index (χ4v) is 3.32. The highest BCUT2D eigenvalue weighted by Gasteiger charge is 2.12. The van der Waals surface area contributed by atoms with Crippen molar-refractivity contribution in [2.24, 2.45) is 4.99 Å². The number of benzene rings is 1. The quantitative estimate of drug-likeness (QED) is 0.264. The molecule has 0 radical (unpaired) electrons. The molecule has 0 unspecified atom stereocenters. The smallest absolute Gasteiger partial charge is 0.259 e. The van der Waals surface area contributed by atoms with E-state index in [0.717, 1.165) is 24.6 Å². The minimum absolute atomic E-state index is 0.0326. The van der Waals surface area contributed by atoms with Crippen LogP contribution >= 0.6 is 0 Å². The first-order valence-electron chi connectivity index (χ1n) is 11.1. The summed E-state index contributed by atoms with van der Waals surface area (Å²) in [5.74, 6) is 1.38. The van der Waals surface area contributed by atoms with Crippen molar-refractivity contribution < 1.29 is 14.3 Å². The third-order valence-corrected chi connectivity index (χ3v) is 5.07. The topological polar surface area (TPSA) is 75.2 Å². The minimum atomic E-state index is -0.0666. The summed E-state index contributed by atoms with van der Waals surface area (Å²) in [5.41, 5.74) is 1.02. The lowest BCUT2D eigenvalue weighted by Crippen LogP contribution is -2.39. The molecule has 7 heteroatoms. The van der Waals surface area contributed by atoms with E-state index in [1.165, 1.54) is 43.4 Å². The molecule has 0 saturated heterocycles. The monoisotopic (exact) mass is 418 g/mol. The fraction of sp³-hybridized carbons (Fsp3) is 0.652. The Morgan fingerprint density at radius 2 is 1.93 bits per heavy atom. The molecule has 0 aliphatic heterocycles. The van der Waals surface area contributed by atoms with Crippen molar-refractivity contribution in [2.75, 3.05) is 40.4 Å². The van der Waals surface area contributed by atoms with E-state index in [1.54, 1.807) is 14.1 Å². The molecule has 0 heterocycles. The Hall–Kier alpha value is -2.28. The van der Waals surface area contributed by atoms with Crippen LogP contribution in [0.15, 0.2) is 29.3 Å². The summed E-state index contributed by atoms with van der Waals surface area (Å²) in [6, 6.07) is 7.69. The average Bonchev–Trinajstić information content (AvgIpc) is 3.02. The van der Waals surface area contributed by atoms with Crippen LogP contribution < -0.4 is 15.4 Å². The molecule has 1 aliphatic rings. The molecule has 0 bridgehead atoms. The highest BCUT2D eigenvalue weighted by Crippen LogP contribution is 2.19. The van der Waals surface area contributed by atoms with Gasteiger partial charge in [-0.25, -0.2) is 4.99 Å². The van der Waals surface area contributed by atoms with Crippen molar-refractivity contribution in [3.8, 4) is 5.75 Å². The van der Waals surface area contributed by atoms with Gasteiger partial charge in [0.05, 0.1) is 19.3 Å². The van der Waals surface area contributed by atoms with Gasteiger partial charge in [0.2, 0.25) is 0 Å². The number of aliphatic imine (C=N–C) groups is 1. The third-order valence-electron chi connectivity index (χ3n) is 5.07. The van der Waals surface area contributed by atoms with E-state index in [4.69, 9.17) is 9.47 Å². The Morgan fingerprint density at radius 3 is 2.63 bits per heavy atom. The van der Waals surface area contributed by atoms with Crippen molar-refractivity contribution in [1.82, 2.24) is 15.5 Å². The molecular weight excluding hydrogens is 380 g/mol. The summed E-state index contributed by atoms with van der Waals surface area (Å²) in [5, 5.41) is 6.62. The normalized spacial score (nSPS) is 15.4. The molecule has 1 aliphatic carbocycles. The number of carbonyl (C=O) groups excluding carboxylic acids is 1. The van der Waals surface area contributed by atoms with E-state index in [0.29, 0.717) is 25.0 Å². The summed E-state index contributed by atoms with van der Waals surface area (Å²) in [7, 11) is 3.43. The molecule has 0 spiro atoms. The maximum Gasteiger partial charge on any atom is 0.259 e. The van der Waals surface area contributed by atoms with Crippen molar-refractivity contribution in [3.05, 3.63) is 29.8 Å². The first kappa shape index (κ1) is 24.0. The average molecular weight is 419 g/mol. The van der Waals surface area contributed by atoms with Gasteiger partial charge in [0, 0.05) is 27.2 Å². The molecule has 1 fully saturated rings. The van der Waals surface area contributed by atoms with E-state index in [9.17, 15) is 4.79 Å².